The van der Waals surface area contributed by atoms with Gasteiger partial charge in [-0.2, -0.15) is 0 Å². The molecule has 0 fully saturated rings. The number of carbonyl (C=O) groups excluding carboxylic acids is 1. The molecule has 82 valence electrons. The minimum absolute atomic E-state index is 0.237. The molecule has 0 bridgehead atoms. The Bertz CT molecular complexity index is 528. The van der Waals surface area contributed by atoms with E-state index in [1.54, 1.807) is 18.5 Å². The van der Waals surface area contributed by atoms with Gasteiger partial charge in [-0.1, -0.05) is 11.3 Å². The number of pyridine rings is 1. The number of carbonyl (C=O) groups is 1. The molecule has 0 aromatic carbocycles. The van der Waals surface area contributed by atoms with Crippen LogP contribution in [-0.4, -0.2) is 21.1 Å². The average molecular weight is 255 g/mol. The van der Waals surface area contributed by atoms with Crippen molar-refractivity contribution in [1.82, 2.24) is 15.2 Å². The summed E-state index contributed by atoms with van der Waals surface area (Å²) in [6.07, 6.45) is 3.28. The minimum atomic E-state index is -0.321. The van der Waals surface area contributed by atoms with Crippen LogP contribution >= 0.6 is 22.9 Å². The maximum absolute atomic E-state index is 11.7. The van der Waals surface area contributed by atoms with Gasteiger partial charge in [0.15, 0.2) is 0 Å². The summed E-state index contributed by atoms with van der Waals surface area (Å²) in [4.78, 5) is 15.6. The van der Waals surface area contributed by atoms with Gasteiger partial charge in [0.1, 0.15) is 0 Å². The van der Waals surface area contributed by atoms with Crippen LogP contribution in [0.15, 0.2) is 18.5 Å². The van der Waals surface area contributed by atoms with Crippen molar-refractivity contribution in [1.29, 1.82) is 0 Å². The molecule has 0 unspecified atom stereocenters. The van der Waals surface area contributed by atoms with Crippen LogP contribution in [0.3, 0.4) is 0 Å². The van der Waals surface area contributed by atoms with Gasteiger partial charge in [-0.3, -0.25) is 9.78 Å². The minimum Gasteiger partial charge on any atom is -0.320 e. The van der Waals surface area contributed by atoms with Gasteiger partial charge in [-0.15, -0.1) is 10.2 Å². The van der Waals surface area contributed by atoms with Crippen LogP contribution in [0.1, 0.15) is 15.4 Å². The highest BCUT2D eigenvalue weighted by molar-refractivity contribution is 7.17. The predicted octanol–water partition coefficient (Wildman–Crippen LogP) is 2.15. The van der Waals surface area contributed by atoms with Crippen molar-refractivity contribution in [3.8, 4) is 0 Å². The normalized spacial score (nSPS) is 10.1. The smallest absolute Gasteiger partial charge is 0.286 e. The number of anilines is 1. The molecule has 0 aliphatic heterocycles. The summed E-state index contributed by atoms with van der Waals surface area (Å²) in [6.45, 7) is 1.86. The fraction of sp³-hybridized carbons (Fsp3) is 0.111. The zero-order chi connectivity index (χ0) is 11.5. The first-order valence-electron chi connectivity index (χ1n) is 4.38. The van der Waals surface area contributed by atoms with Gasteiger partial charge in [0, 0.05) is 18.1 Å². The molecule has 5 nitrogen and oxygen atoms in total. The van der Waals surface area contributed by atoms with E-state index in [1.807, 2.05) is 6.92 Å². The fourth-order valence-corrected chi connectivity index (χ4v) is 1.81. The maximum atomic E-state index is 11.7. The quantitative estimate of drug-likeness (QED) is 0.892. The first-order valence-corrected chi connectivity index (χ1v) is 5.57. The third-order valence-electron chi connectivity index (χ3n) is 1.86. The number of hydrogen-bond acceptors (Lipinski definition) is 5. The van der Waals surface area contributed by atoms with E-state index < -0.39 is 0 Å². The van der Waals surface area contributed by atoms with Crippen LogP contribution in [0.5, 0.6) is 0 Å². The molecule has 2 heterocycles. The number of aromatic nitrogens is 3. The molecule has 0 radical (unpaired) electrons. The standard InChI is InChI=1S/C9H7ClN4OS/c1-5-4-11-3-2-6(5)12-7(15)8-13-14-9(10)16-8/h2-4H,1H3,(H,11,12,15). The van der Waals surface area contributed by atoms with Gasteiger partial charge in [0.2, 0.25) is 9.47 Å². The second kappa shape index (κ2) is 4.54. The zero-order valence-electron chi connectivity index (χ0n) is 8.27. The first-order chi connectivity index (χ1) is 7.66. The molecule has 1 N–H and O–H groups in total. The fourth-order valence-electron chi connectivity index (χ4n) is 1.09. The topological polar surface area (TPSA) is 67.8 Å². The van der Waals surface area contributed by atoms with Gasteiger partial charge >= 0.3 is 0 Å². The molecule has 0 saturated heterocycles. The summed E-state index contributed by atoms with van der Waals surface area (Å²) in [5.41, 5.74) is 1.58. The molecule has 2 aromatic rings. The molecule has 0 spiro atoms. The van der Waals surface area contributed by atoms with Crippen molar-refractivity contribution < 1.29 is 4.79 Å². The van der Waals surface area contributed by atoms with E-state index >= 15 is 0 Å². The van der Waals surface area contributed by atoms with Crippen LogP contribution in [0.2, 0.25) is 4.47 Å². The Hall–Kier alpha value is -1.53. The predicted molar refractivity (Wildman–Crippen MR) is 61.8 cm³/mol. The molecule has 0 atom stereocenters. The van der Waals surface area contributed by atoms with Crippen LogP contribution < -0.4 is 5.32 Å². The van der Waals surface area contributed by atoms with Crippen molar-refractivity contribution in [2.45, 2.75) is 6.92 Å². The van der Waals surface area contributed by atoms with Crippen molar-refractivity contribution in [2.24, 2.45) is 0 Å². The second-order valence-corrected chi connectivity index (χ2v) is 4.56. The number of aryl methyl sites for hydroxylation is 1. The highest BCUT2D eigenvalue weighted by Gasteiger charge is 2.12. The van der Waals surface area contributed by atoms with Crippen molar-refractivity contribution >= 4 is 34.5 Å². The summed E-state index contributed by atoms with van der Waals surface area (Å²) in [6, 6.07) is 1.72. The summed E-state index contributed by atoms with van der Waals surface area (Å²) in [7, 11) is 0. The monoisotopic (exact) mass is 254 g/mol. The maximum Gasteiger partial charge on any atom is 0.286 e. The van der Waals surface area contributed by atoms with Gasteiger partial charge in [-0.25, -0.2) is 0 Å². The number of amides is 1. The molecule has 0 aliphatic rings. The summed E-state index contributed by atoms with van der Waals surface area (Å²) in [5.74, 6) is -0.321. The Labute approximate surface area is 101 Å². The Morgan fingerprint density at radius 2 is 2.31 bits per heavy atom. The van der Waals surface area contributed by atoms with E-state index in [0.717, 1.165) is 16.9 Å². The number of hydrogen-bond donors (Lipinski definition) is 1. The van der Waals surface area contributed by atoms with Crippen molar-refractivity contribution in [3.63, 3.8) is 0 Å². The van der Waals surface area contributed by atoms with E-state index in [0.29, 0.717) is 5.69 Å². The molecule has 1 amide bonds. The van der Waals surface area contributed by atoms with Crippen LogP contribution in [0.25, 0.3) is 0 Å². The van der Waals surface area contributed by atoms with Crippen LogP contribution in [0.4, 0.5) is 5.69 Å². The zero-order valence-corrected chi connectivity index (χ0v) is 9.84. The molecular formula is C9H7ClN4OS. The molecule has 2 rings (SSSR count). The summed E-state index contributed by atoms with van der Waals surface area (Å²) >= 11 is 6.63. The average Bonchev–Trinajstić information content (AvgIpc) is 2.68. The third-order valence-corrected chi connectivity index (χ3v) is 2.88. The number of rotatable bonds is 2. The van der Waals surface area contributed by atoms with E-state index in [1.165, 1.54) is 0 Å². The Morgan fingerprint density at radius 3 is 2.94 bits per heavy atom. The van der Waals surface area contributed by atoms with E-state index in [4.69, 9.17) is 11.6 Å². The number of nitrogens with one attached hydrogen (secondary N) is 1. The SMILES string of the molecule is Cc1cnccc1NC(=O)c1nnc(Cl)s1. The van der Waals surface area contributed by atoms with Gasteiger partial charge in [0.25, 0.3) is 5.91 Å². The van der Waals surface area contributed by atoms with Gasteiger partial charge in [-0.05, 0) is 30.2 Å². The Kier molecular flexibility index (Phi) is 3.12. The molecule has 16 heavy (non-hydrogen) atoms. The van der Waals surface area contributed by atoms with Crippen LogP contribution in [0, 0.1) is 6.92 Å². The second-order valence-electron chi connectivity index (χ2n) is 3.00. The van der Waals surface area contributed by atoms with Gasteiger partial charge < -0.3 is 5.32 Å². The number of halogens is 1. The lowest BCUT2D eigenvalue weighted by atomic mass is 10.2. The van der Waals surface area contributed by atoms with Crippen LogP contribution in [-0.2, 0) is 0 Å². The molecular weight excluding hydrogens is 248 g/mol. The molecule has 0 saturated carbocycles. The largest absolute Gasteiger partial charge is 0.320 e. The lowest BCUT2D eigenvalue weighted by molar-refractivity contribution is 0.102. The lowest BCUT2D eigenvalue weighted by Gasteiger charge is -2.04. The third kappa shape index (κ3) is 2.34. The molecule has 0 aliphatic carbocycles. The van der Waals surface area contributed by atoms with Crippen molar-refractivity contribution in [2.75, 3.05) is 5.32 Å². The first kappa shape index (κ1) is 11.0. The van der Waals surface area contributed by atoms with E-state index in [-0.39, 0.29) is 15.4 Å². The Balaban J connectivity index is 2.17. The summed E-state index contributed by atoms with van der Waals surface area (Å²) in [5, 5.41) is 10.2. The summed E-state index contributed by atoms with van der Waals surface area (Å²) < 4.78 is 0.247. The van der Waals surface area contributed by atoms with E-state index in [2.05, 4.69) is 20.5 Å². The Morgan fingerprint density at radius 1 is 1.50 bits per heavy atom. The van der Waals surface area contributed by atoms with Crippen molar-refractivity contribution in [3.05, 3.63) is 33.5 Å². The lowest BCUT2D eigenvalue weighted by Crippen LogP contribution is -2.12. The van der Waals surface area contributed by atoms with Gasteiger partial charge in [0.05, 0.1) is 0 Å². The number of nitrogens with zero attached hydrogens (tertiary/aromatic N) is 3. The highest BCUT2D eigenvalue weighted by Crippen LogP contribution is 2.17. The highest BCUT2D eigenvalue weighted by atomic mass is 35.5. The molecule has 2 aromatic heterocycles. The molecule has 7 heteroatoms. The van der Waals surface area contributed by atoms with E-state index in [9.17, 15) is 4.79 Å².